The summed E-state index contributed by atoms with van der Waals surface area (Å²) in [6.45, 7) is 1.40. The predicted octanol–water partition coefficient (Wildman–Crippen LogP) is 2.89. The Balaban J connectivity index is 1.78. The van der Waals surface area contributed by atoms with Crippen molar-refractivity contribution in [3.05, 3.63) is 10.4 Å². The van der Waals surface area contributed by atoms with Crippen LogP contribution in [0.1, 0.15) is 32.1 Å². The van der Waals surface area contributed by atoms with Gasteiger partial charge in [-0.05, 0) is 23.8 Å². The smallest absolute Gasteiger partial charge is 0.0635 e. The van der Waals surface area contributed by atoms with Crippen molar-refractivity contribution in [3.63, 3.8) is 0 Å². The summed E-state index contributed by atoms with van der Waals surface area (Å²) in [5, 5.41) is 3.57. The summed E-state index contributed by atoms with van der Waals surface area (Å²) in [4.78, 5) is 2.77. The highest BCUT2D eigenvalue weighted by atomic mass is 16.5. The van der Waals surface area contributed by atoms with Crippen molar-refractivity contribution >= 4 is 0 Å². The van der Waals surface area contributed by atoms with Crippen molar-refractivity contribution in [2.24, 2.45) is 17.0 Å². The van der Waals surface area contributed by atoms with E-state index in [2.05, 4.69) is 10.0 Å². The molecule has 4 heteroatoms. The van der Waals surface area contributed by atoms with Gasteiger partial charge in [-0.3, -0.25) is 0 Å². The lowest BCUT2D eigenvalue weighted by molar-refractivity contribution is 0.108. The number of hydrogen-bond acceptors (Lipinski definition) is 2. The van der Waals surface area contributed by atoms with Crippen molar-refractivity contribution in [2.45, 2.75) is 38.2 Å². The molecule has 2 rings (SSSR count). The van der Waals surface area contributed by atoms with E-state index >= 15 is 0 Å². The maximum absolute atomic E-state index is 8.21. The normalized spacial score (nSPS) is 33.1. The average molecular weight is 195 g/mol. The summed E-state index contributed by atoms with van der Waals surface area (Å²) in [5.74, 6) is 1.61. The third-order valence-corrected chi connectivity index (χ3v) is 3.53. The Kier molecular flexibility index (Phi) is 3.27. The van der Waals surface area contributed by atoms with Gasteiger partial charge in [0.05, 0.1) is 19.3 Å². The van der Waals surface area contributed by atoms with Crippen LogP contribution in [0.2, 0.25) is 0 Å². The first-order chi connectivity index (χ1) is 6.90. The molecule has 14 heavy (non-hydrogen) atoms. The second-order valence-electron chi connectivity index (χ2n) is 4.41. The molecule has 0 N–H and O–H groups in total. The summed E-state index contributed by atoms with van der Waals surface area (Å²) in [7, 11) is 0. The fraction of sp³-hybridized carbons (Fsp3) is 1.00. The van der Waals surface area contributed by atoms with Crippen molar-refractivity contribution in [2.75, 3.05) is 13.2 Å². The highest BCUT2D eigenvalue weighted by molar-refractivity contribution is 4.83. The fourth-order valence-corrected chi connectivity index (χ4v) is 2.75. The van der Waals surface area contributed by atoms with Crippen molar-refractivity contribution in [1.29, 1.82) is 0 Å². The van der Waals surface area contributed by atoms with Crippen LogP contribution in [0.5, 0.6) is 0 Å². The van der Waals surface area contributed by atoms with Crippen molar-refractivity contribution < 1.29 is 4.74 Å². The van der Waals surface area contributed by atoms with Crippen LogP contribution in [-0.2, 0) is 4.74 Å². The molecule has 1 aliphatic carbocycles. The van der Waals surface area contributed by atoms with Gasteiger partial charge in [0.15, 0.2) is 0 Å². The molecule has 78 valence electrons. The SMILES string of the molecule is [N-]=[N+]=NC[C@@H]1C[C@@H](C2CCCC2)CO1. The summed E-state index contributed by atoms with van der Waals surface area (Å²) in [5.41, 5.74) is 8.21. The zero-order valence-electron chi connectivity index (χ0n) is 8.43. The van der Waals surface area contributed by atoms with Gasteiger partial charge >= 0.3 is 0 Å². The molecule has 0 aromatic heterocycles. The lowest BCUT2D eigenvalue weighted by atomic mass is 9.89. The van der Waals surface area contributed by atoms with Crippen LogP contribution in [0.3, 0.4) is 0 Å². The Labute approximate surface area is 84.3 Å². The number of nitrogens with zero attached hydrogens (tertiary/aromatic N) is 3. The quantitative estimate of drug-likeness (QED) is 0.388. The molecule has 0 bridgehead atoms. The van der Waals surface area contributed by atoms with E-state index in [0.717, 1.165) is 24.9 Å². The molecule has 0 spiro atoms. The van der Waals surface area contributed by atoms with Gasteiger partial charge in [0, 0.05) is 4.91 Å². The largest absolute Gasteiger partial charge is 0.378 e. The molecule has 0 unspecified atom stereocenters. The van der Waals surface area contributed by atoms with E-state index in [1.807, 2.05) is 0 Å². The Bertz CT molecular complexity index is 232. The van der Waals surface area contributed by atoms with Crippen LogP contribution in [-0.4, -0.2) is 19.3 Å². The number of ether oxygens (including phenoxy) is 1. The highest BCUT2D eigenvalue weighted by Crippen LogP contribution is 2.37. The first-order valence-electron chi connectivity index (χ1n) is 5.52. The topological polar surface area (TPSA) is 58.0 Å². The monoisotopic (exact) mass is 195 g/mol. The summed E-state index contributed by atoms with van der Waals surface area (Å²) in [6.07, 6.45) is 6.83. The lowest BCUT2D eigenvalue weighted by Gasteiger charge is -2.15. The molecule has 2 aliphatic rings. The van der Waals surface area contributed by atoms with Gasteiger partial charge in [0.1, 0.15) is 0 Å². The molecule has 1 saturated carbocycles. The van der Waals surface area contributed by atoms with Gasteiger partial charge in [-0.1, -0.05) is 30.8 Å². The van der Waals surface area contributed by atoms with E-state index in [4.69, 9.17) is 10.3 Å². The highest BCUT2D eigenvalue weighted by Gasteiger charge is 2.32. The molecule has 1 heterocycles. The minimum Gasteiger partial charge on any atom is -0.378 e. The Morgan fingerprint density at radius 3 is 2.79 bits per heavy atom. The summed E-state index contributed by atoms with van der Waals surface area (Å²) in [6, 6.07) is 0. The number of azide groups is 1. The molecule has 0 radical (unpaired) electrons. The van der Waals surface area contributed by atoms with Crippen LogP contribution >= 0.6 is 0 Å². The fourth-order valence-electron chi connectivity index (χ4n) is 2.75. The van der Waals surface area contributed by atoms with Gasteiger partial charge < -0.3 is 4.74 Å². The van der Waals surface area contributed by atoms with Crippen molar-refractivity contribution in [3.8, 4) is 0 Å². The third kappa shape index (κ3) is 2.20. The number of rotatable bonds is 3. The second-order valence-corrected chi connectivity index (χ2v) is 4.41. The van der Waals surface area contributed by atoms with Gasteiger partial charge in [-0.2, -0.15) is 0 Å². The van der Waals surface area contributed by atoms with Crippen LogP contribution in [0.15, 0.2) is 5.11 Å². The molecule has 1 saturated heterocycles. The zero-order valence-corrected chi connectivity index (χ0v) is 8.43. The van der Waals surface area contributed by atoms with Gasteiger partial charge in [0.2, 0.25) is 0 Å². The molecular formula is C10H17N3O. The molecule has 0 aromatic rings. The summed E-state index contributed by atoms with van der Waals surface area (Å²) >= 11 is 0. The minimum atomic E-state index is 0.191. The molecule has 0 amide bonds. The van der Waals surface area contributed by atoms with E-state index in [1.54, 1.807) is 0 Å². The van der Waals surface area contributed by atoms with E-state index in [9.17, 15) is 0 Å². The van der Waals surface area contributed by atoms with Crippen LogP contribution in [0, 0.1) is 11.8 Å². The van der Waals surface area contributed by atoms with Gasteiger partial charge in [-0.15, -0.1) is 0 Å². The van der Waals surface area contributed by atoms with Crippen molar-refractivity contribution in [1.82, 2.24) is 0 Å². The first-order valence-corrected chi connectivity index (χ1v) is 5.52. The maximum Gasteiger partial charge on any atom is 0.0635 e. The standard InChI is InChI=1S/C10H17N3O/c11-13-12-6-10-5-9(7-14-10)8-3-1-2-4-8/h8-10H,1-7H2/t9-,10+/m1/s1. The zero-order chi connectivity index (χ0) is 9.80. The molecule has 2 fully saturated rings. The first kappa shape index (κ1) is 9.81. The molecule has 0 aromatic carbocycles. The van der Waals surface area contributed by atoms with Gasteiger partial charge in [0.25, 0.3) is 0 Å². The number of hydrogen-bond donors (Lipinski definition) is 0. The molecule has 4 nitrogen and oxygen atoms in total. The summed E-state index contributed by atoms with van der Waals surface area (Å²) < 4.78 is 5.62. The van der Waals surface area contributed by atoms with Crippen LogP contribution < -0.4 is 0 Å². The van der Waals surface area contributed by atoms with E-state index < -0.39 is 0 Å². The molecule has 1 aliphatic heterocycles. The molecule has 2 atom stereocenters. The van der Waals surface area contributed by atoms with E-state index in [0.29, 0.717) is 6.54 Å². The maximum atomic E-state index is 8.21. The third-order valence-electron chi connectivity index (χ3n) is 3.53. The van der Waals surface area contributed by atoms with Gasteiger partial charge in [-0.25, -0.2) is 0 Å². The second kappa shape index (κ2) is 4.67. The van der Waals surface area contributed by atoms with Crippen LogP contribution in [0.4, 0.5) is 0 Å². The van der Waals surface area contributed by atoms with Crippen LogP contribution in [0.25, 0.3) is 10.4 Å². The lowest BCUT2D eigenvalue weighted by Crippen LogP contribution is -2.12. The Hall–Kier alpha value is -0.730. The molecular weight excluding hydrogens is 178 g/mol. The predicted molar refractivity (Wildman–Crippen MR) is 53.8 cm³/mol. The van der Waals surface area contributed by atoms with E-state index in [1.165, 1.54) is 25.7 Å². The van der Waals surface area contributed by atoms with E-state index in [-0.39, 0.29) is 6.10 Å². The minimum absolute atomic E-state index is 0.191. The Morgan fingerprint density at radius 2 is 2.07 bits per heavy atom. The average Bonchev–Trinajstić information content (AvgIpc) is 2.85. The Morgan fingerprint density at radius 1 is 1.29 bits per heavy atom.